The quantitative estimate of drug-likeness (QED) is 0.418. The summed E-state index contributed by atoms with van der Waals surface area (Å²) in [5.74, 6) is -0.517. The molecule has 0 aliphatic rings. The molecule has 0 atom stereocenters. The van der Waals surface area contributed by atoms with Gasteiger partial charge in [-0.2, -0.15) is 0 Å². The van der Waals surface area contributed by atoms with E-state index < -0.39 is 0 Å². The van der Waals surface area contributed by atoms with Gasteiger partial charge in [-0.25, -0.2) is 9.78 Å². The molecule has 2 heterocycles. The van der Waals surface area contributed by atoms with E-state index in [1.54, 1.807) is 80.4 Å². The second-order valence-corrected chi connectivity index (χ2v) is 7.22. The minimum absolute atomic E-state index is 0.163. The van der Waals surface area contributed by atoms with Gasteiger partial charge in [0.15, 0.2) is 0 Å². The SMILES string of the molecule is Cc1c[nH]c(=O)n1-c1ccccc1NC(=O)c1cccc(NC(=O)CCn2ccnc2)c1. The Morgan fingerprint density at radius 3 is 2.69 bits per heavy atom. The number of para-hydroxylation sites is 2. The molecule has 9 heteroatoms. The van der Waals surface area contributed by atoms with Gasteiger partial charge in [0.1, 0.15) is 0 Å². The van der Waals surface area contributed by atoms with Crippen molar-refractivity contribution < 1.29 is 9.59 Å². The summed E-state index contributed by atoms with van der Waals surface area (Å²) < 4.78 is 3.31. The number of carbonyl (C=O) groups excluding carboxylic acids is 2. The number of H-pyrrole nitrogens is 1. The molecule has 0 saturated carbocycles. The van der Waals surface area contributed by atoms with Crippen LogP contribution in [0.1, 0.15) is 22.5 Å². The molecule has 0 fully saturated rings. The van der Waals surface area contributed by atoms with E-state index in [-0.39, 0.29) is 23.9 Å². The molecule has 0 aliphatic carbocycles. The van der Waals surface area contributed by atoms with Crippen LogP contribution in [0.25, 0.3) is 5.69 Å². The van der Waals surface area contributed by atoms with Crippen LogP contribution in [0.4, 0.5) is 11.4 Å². The smallest absolute Gasteiger partial charge is 0.330 e. The monoisotopic (exact) mass is 430 g/mol. The predicted octanol–water partition coefficient (Wildman–Crippen LogP) is 2.95. The van der Waals surface area contributed by atoms with E-state index in [2.05, 4.69) is 20.6 Å². The molecule has 0 spiro atoms. The maximum atomic E-state index is 12.9. The number of rotatable bonds is 7. The van der Waals surface area contributed by atoms with Crippen molar-refractivity contribution in [1.82, 2.24) is 19.1 Å². The Labute approximate surface area is 183 Å². The molecule has 0 saturated heterocycles. The van der Waals surface area contributed by atoms with Crippen LogP contribution in [-0.4, -0.2) is 30.9 Å². The number of aryl methyl sites for hydroxylation is 2. The second-order valence-electron chi connectivity index (χ2n) is 7.22. The first-order chi connectivity index (χ1) is 15.5. The lowest BCUT2D eigenvalue weighted by atomic mass is 10.1. The standard InChI is InChI=1S/C23H22N6O3/c1-16-14-25-23(32)29(16)20-8-3-2-7-19(20)27-22(31)17-5-4-6-18(13-17)26-21(30)9-11-28-12-10-24-15-28/h2-8,10,12-15H,9,11H2,1H3,(H,25,32)(H,26,30)(H,27,31). The molecule has 4 aromatic rings. The summed E-state index contributed by atoms with van der Waals surface area (Å²) in [6.45, 7) is 2.32. The number of aromatic nitrogens is 4. The minimum atomic E-state index is -0.354. The number of aromatic amines is 1. The molecule has 0 unspecified atom stereocenters. The van der Waals surface area contributed by atoms with Crippen molar-refractivity contribution in [2.75, 3.05) is 10.6 Å². The van der Waals surface area contributed by atoms with Gasteiger partial charge in [-0.3, -0.25) is 14.2 Å². The van der Waals surface area contributed by atoms with Gasteiger partial charge < -0.3 is 20.2 Å². The zero-order valence-corrected chi connectivity index (χ0v) is 17.4. The zero-order chi connectivity index (χ0) is 22.5. The normalized spacial score (nSPS) is 10.7. The maximum absolute atomic E-state index is 12.9. The lowest BCUT2D eigenvalue weighted by molar-refractivity contribution is -0.116. The van der Waals surface area contributed by atoms with E-state index in [1.807, 2.05) is 4.57 Å². The Bertz CT molecular complexity index is 1300. The molecule has 0 bridgehead atoms. The first kappa shape index (κ1) is 20.9. The number of benzene rings is 2. The first-order valence-electron chi connectivity index (χ1n) is 10.0. The van der Waals surface area contributed by atoms with Gasteiger partial charge in [-0.15, -0.1) is 0 Å². The highest BCUT2D eigenvalue weighted by molar-refractivity contribution is 6.06. The Morgan fingerprint density at radius 2 is 1.94 bits per heavy atom. The first-order valence-corrected chi connectivity index (χ1v) is 10.0. The Kier molecular flexibility index (Phi) is 5.98. The van der Waals surface area contributed by atoms with E-state index >= 15 is 0 Å². The zero-order valence-electron chi connectivity index (χ0n) is 17.4. The number of carbonyl (C=O) groups is 2. The van der Waals surface area contributed by atoms with E-state index in [4.69, 9.17) is 0 Å². The number of hydrogen-bond donors (Lipinski definition) is 3. The van der Waals surface area contributed by atoms with Crippen molar-refractivity contribution in [3.63, 3.8) is 0 Å². The Balaban J connectivity index is 1.47. The van der Waals surface area contributed by atoms with Gasteiger partial charge in [0, 0.05) is 48.5 Å². The van der Waals surface area contributed by atoms with Crippen LogP contribution in [0, 0.1) is 6.92 Å². The molecular weight excluding hydrogens is 408 g/mol. The van der Waals surface area contributed by atoms with Gasteiger partial charge in [0.25, 0.3) is 5.91 Å². The summed E-state index contributed by atoms with van der Waals surface area (Å²) in [6, 6.07) is 13.8. The molecule has 2 aromatic heterocycles. The van der Waals surface area contributed by atoms with Gasteiger partial charge in [-0.1, -0.05) is 18.2 Å². The number of imidazole rings is 2. The highest BCUT2D eigenvalue weighted by Gasteiger charge is 2.14. The van der Waals surface area contributed by atoms with Gasteiger partial charge >= 0.3 is 5.69 Å². The van der Waals surface area contributed by atoms with Crippen molar-refractivity contribution in [1.29, 1.82) is 0 Å². The Hall–Kier alpha value is -4.40. The van der Waals surface area contributed by atoms with Crippen LogP contribution in [0.2, 0.25) is 0 Å². The van der Waals surface area contributed by atoms with Crippen molar-refractivity contribution in [3.8, 4) is 5.69 Å². The van der Waals surface area contributed by atoms with E-state index in [0.717, 1.165) is 5.69 Å². The van der Waals surface area contributed by atoms with Gasteiger partial charge in [0.05, 0.1) is 17.7 Å². The highest BCUT2D eigenvalue weighted by Crippen LogP contribution is 2.21. The van der Waals surface area contributed by atoms with Crippen molar-refractivity contribution >= 4 is 23.2 Å². The van der Waals surface area contributed by atoms with Gasteiger partial charge in [0.2, 0.25) is 5.91 Å². The average Bonchev–Trinajstić information content (AvgIpc) is 3.43. The third kappa shape index (κ3) is 4.67. The second kappa shape index (κ2) is 9.17. The maximum Gasteiger partial charge on any atom is 0.330 e. The van der Waals surface area contributed by atoms with Crippen LogP contribution in [0.15, 0.2) is 78.2 Å². The number of amides is 2. The number of anilines is 2. The average molecular weight is 430 g/mol. The molecule has 2 amide bonds. The van der Waals surface area contributed by atoms with Crippen molar-refractivity contribution in [2.45, 2.75) is 19.9 Å². The molecule has 32 heavy (non-hydrogen) atoms. The van der Waals surface area contributed by atoms with E-state index in [1.165, 1.54) is 4.57 Å². The fraction of sp³-hybridized carbons (Fsp3) is 0.130. The Morgan fingerprint density at radius 1 is 1.09 bits per heavy atom. The molecule has 9 nitrogen and oxygen atoms in total. The number of hydrogen-bond acceptors (Lipinski definition) is 4. The minimum Gasteiger partial charge on any atom is -0.337 e. The van der Waals surface area contributed by atoms with E-state index in [9.17, 15) is 14.4 Å². The van der Waals surface area contributed by atoms with Crippen LogP contribution < -0.4 is 16.3 Å². The highest BCUT2D eigenvalue weighted by atomic mass is 16.2. The van der Waals surface area contributed by atoms with Gasteiger partial charge in [-0.05, 0) is 37.3 Å². The summed E-state index contributed by atoms with van der Waals surface area (Å²) in [6.07, 6.45) is 7.00. The molecule has 2 aromatic carbocycles. The van der Waals surface area contributed by atoms with Crippen LogP contribution in [0.5, 0.6) is 0 Å². The fourth-order valence-electron chi connectivity index (χ4n) is 3.33. The third-order valence-electron chi connectivity index (χ3n) is 4.92. The van der Waals surface area contributed by atoms with Crippen LogP contribution in [-0.2, 0) is 11.3 Å². The summed E-state index contributed by atoms with van der Waals surface area (Å²) >= 11 is 0. The summed E-state index contributed by atoms with van der Waals surface area (Å²) in [5, 5.41) is 5.67. The summed E-state index contributed by atoms with van der Waals surface area (Å²) in [5.41, 5.74) is 2.40. The summed E-state index contributed by atoms with van der Waals surface area (Å²) in [7, 11) is 0. The number of nitrogens with one attached hydrogen (secondary N) is 3. The number of nitrogens with zero attached hydrogens (tertiary/aromatic N) is 3. The molecular formula is C23H22N6O3. The molecule has 4 rings (SSSR count). The molecule has 162 valence electrons. The summed E-state index contributed by atoms with van der Waals surface area (Å²) in [4.78, 5) is 43.9. The lowest BCUT2D eigenvalue weighted by Crippen LogP contribution is -2.20. The lowest BCUT2D eigenvalue weighted by Gasteiger charge is -2.13. The topological polar surface area (TPSA) is 114 Å². The van der Waals surface area contributed by atoms with Crippen molar-refractivity contribution in [3.05, 3.63) is 95.2 Å². The predicted molar refractivity (Wildman–Crippen MR) is 121 cm³/mol. The molecule has 0 aliphatic heterocycles. The fourth-order valence-corrected chi connectivity index (χ4v) is 3.33. The van der Waals surface area contributed by atoms with Crippen LogP contribution >= 0.6 is 0 Å². The largest absolute Gasteiger partial charge is 0.337 e. The van der Waals surface area contributed by atoms with E-state index in [0.29, 0.717) is 29.2 Å². The third-order valence-corrected chi connectivity index (χ3v) is 4.92. The van der Waals surface area contributed by atoms with Crippen molar-refractivity contribution in [2.24, 2.45) is 0 Å². The van der Waals surface area contributed by atoms with Crippen LogP contribution in [0.3, 0.4) is 0 Å². The molecule has 0 radical (unpaired) electrons. The molecule has 3 N–H and O–H groups in total.